The molecule has 0 aliphatic carbocycles. The number of hydrogen-bond acceptors (Lipinski definition) is 2. The first-order chi connectivity index (χ1) is 9.90. The molecule has 0 radical (unpaired) electrons. The van der Waals surface area contributed by atoms with Gasteiger partial charge in [-0.1, -0.05) is 42.5 Å². The monoisotopic (exact) mass is 284 g/mol. The molecule has 3 N–H and O–H groups in total. The van der Waals surface area contributed by atoms with Crippen LogP contribution in [0.25, 0.3) is 10.8 Å². The van der Waals surface area contributed by atoms with Crippen molar-refractivity contribution < 1.29 is 9.59 Å². The van der Waals surface area contributed by atoms with Crippen molar-refractivity contribution in [1.29, 1.82) is 0 Å². The van der Waals surface area contributed by atoms with Gasteiger partial charge in [0.15, 0.2) is 0 Å². The van der Waals surface area contributed by atoms with Crippen LogP contribution in [0.5, 0.6) is 0 Å². The van der Waals surface area contributed by atoms with Crippen molar-refractivity contribution in [2.75, 3.05) is 6.54 Å². The highest BCUT2D eigenvalue weighted by atomic mass is 16.2. The zero-order valence-electron chi connectivity index (χ0n) is 12.3. The van der Waals surface area contributed by atoms with Crippen molar-refractivity contribution in [3.8, 4) is 0 Å². The second-order valence-electron chi connectivity index (χ2n) is 5.84. The fourth-order valence-corrected chi connectivity index (χ4v) is 2.09. The molecule has 2 rings (SSSR count). The zero-order valence-corrected chi connectivity index (χ0v) is 12.3. The minimum atomic E-state index is -0.742. The van der Waals surface area contributed by atoms with Gasteiger partial charge in [-0.05, 0) is 30.2 Å². The molecule has 0 saturated carbocycles. The van der Waals surface area contributed by atoms with E-state index < -0.39 is 11.3 Å². The maximum Gasteiger partial charge on any atom is 0.224 e. The first-order valence-electron chi connectivity index (χ1n) is 6.93. The van der Waals surface area contributed by atoms with E-state index in [1.54, 1.807) is 13.8 Å². The van der Waals surface area contributed by atoms with E-state index >= 15 is 0 Å². The fourth-order valence-electron chi connectivity index (χ4n) is 2.09. The topological polar surface area (TPSA) is 72.2 Å². The lowest BCUT2D eigenvalue weighted by atomic mass is 9.92. The number of benzene rings is 2. The second kappa shape index (κ2) is 5.95. The van der Waals surface area contributed by atoms with Crippen LogP contribution in [0.3, 0.4) is 0 Å². The molecule has 2 amide bonds. The summed E-state index contributed by atoms with van der Waals surface area (Å²) >= 11 is 0. The van der Waals surface area contributed by atoms with Gasteiger partial charge in [-0.15, -0.1) is 0 Å². The Morgan fingerprint density at radius 2 is 1.76 bits per heavy atom. The lowest BCUT2D eigenvalue weighted by molar-refractivity contribution is -0.126. The van der Waals surface area contributed by atoms with Crippen molar-refractivity contribution in [1.82, 2.24) is 5.32 Å². The Kier molecular flexibility index (Phi) is 4.26. The highest BCUT2D eigenvalue weighted by Gasteiger charge is 2.25. The van der Waals surface area contributed by atoms with Crippen molar-refractivity contribution in [2.24, 2.45) is 11.1 Å². The third-order valence-electron chi connectivity index (χ3n) is 3.63. The van der Waals surface area contributed by atoms with E-state index in [9.17, 15) is 9.59 Å². The summed E-state index contributed by atoms with van der Waals surface area (Å²) in [6, 6.07) is 13.9. The van der Waals surface area contributed by atoms with Crippen molar-refractivity contribution in [3.63, 3.8) is 0 Å². The highest BCUT2D eigenvalue weighted by Crippen LogP contribution is 2.19. The number of primary amides is 1. The molecule has 21 heavy (non-hydrogen) atoms. The largest absolute Gasteiger partial charge is 0.369 e. The van der Waals surface area contributed by atoms with Crippen LogP contribution in [0, 0.1) is 5.41 Å². The summed E-state index contributed by atoms with van der Waals surface area (Å²) in [5.41, 5.74) is 5.53. The van der Waals surface area contributed by atoms with E-state index in [0.717, 1.165) is 16.3 Å². The van der Waals surface area contributed by atoms with Crippen molar-refractivity contribution in [2.45, 2.75) is 20.3 Å². The minimum absolute atomic E-state index is 0.110. The van der Waals surface area contributed by atoms with Crippen LogP contribution >= 0.6 is 0 Å². The van der Waals surface area contributed by atoms with Crippen molar-refractivity contribution >= 4 is 22.6 Å². The van der Waals surface area contributed by atoms with Gasteiger partial charge in [0.05, 0.1) is 11.8 Å². The average Bonchev–Trinajstić information content (AvgIpc) is 2.45. The molecule has 2 aromatic rings. The van der Waals surface area contributed by atoms with Crippen molar-refractivity contribution in [3.05, 3.63) is 48.0 Å². The highest BCUT2D eigenvalue weighted by molar-refractivity contribution is 5.90. The first-order valence-corrected chi connectivity index (χ1v) is 6.93. The van der Waals surface area contributed by atoms with Gasteiger partial charge in [-0.3, -0.25) is 9.59 Å². The van der Waals surface area contributed by atoms with Crippen LogP contribution in [-0.4, -0.2) is 18.4 Å². The molecule has 0 atom stereocenters. The molecule has 110 valence electrons. The maximum absolute atomic E-state index is 12.1. The number of rotatable bonds is 5. The lowest BCUT2D eigenvalue weighted by Crippen LogP contribution is -2.42. The summed E-state index contributed by atoms with van der Waals surface area (Å²) in [7, 11) is 0. The fraction of sp³-hybridized carbons (Fsp3) is 0.294. The Morgan fingerprint density at radius 1 is 1.10 bits per heavy atom. The number of fused-ring (bicyclic) bond motifs is 1. The predicted molar refractivity (Wildman–Crippen MR) is 83.6 cm³/mol. The Balaban J connectivity index is 2.07. The van der Waals surface area contributed by atoms with Gasteiger partial charge in [-0.2, -0.15) is 0 Å². The van der Waals surface area contributed by atoms with E-state index in [4.69, 9.17) is 5.73 Å². The molecule has 0 aliphatic heterocycles. The second-order valence-corrected chi connectivity index (χ2v) is 5.84. The van der Waals surface area contributed by atoms with Crippen LogP contribution in [0.1, 0.15) is 19.4 Å². The van der Waals surface area contributed by atoms with E-state index in [-0.39, 0.29) is 18.9 Å². The summed E-state index contributed by atoms with van der Waals surface area (Å²) < 4.78 is 0. The van der Waals surface area contributed by atoms with Gasteiger partial charge in [0.1, 0.15) is 0 Å². The summed E-state index contributed by atoms with van der Waals surface area (Å²) in [6.45, 7) is 3.67. The Labute approximate surface area is 124 Å². The molecular weight excluding hydrogens is 264 g/mol. The van der Waals surface area contributed by atoms with Gasteiger partial charge >= 0.3 is 0 Å². The third-order valence-corrected chi connectivity index (χ3v) is 3.63. The number of carbonyl (C=O) groups is 2. The lowest BCUT2D eigenvalue weighted by Gasteiger charge is -2.20. The maximum atomic E-state index is 12.1. The summed E-state index contributed by atoms with van der Waals surface area (Å²) in [4.78, 5) is 23.3. The molecule has 4 nitrogen and oxygen atoms in total. The van der Waals surface area contributed by atoms with Crippen LogP contribution < -0.4 is 11.1 Å². The van der Waals surface area contributed by atoms with Gasteiger partial charge in [0.25, 0.3) is 0 Å². The molecular formula is C17H20N2O2. The van der Waals surface area contributed by atoms with E-state index in [2.05, 4.69) is 5.32 Å². The molecule has 0 fully saturated rings. The molecule has 0 saturated heterocycles. The summed E-state index contributed by atoms with van der Waals surface area (Å²) in [5.74, 6) is -0.534. The number of nitrogens with two attached hydrogens (primary N) is 1. The minimum Gasteiger partial charge on any atom is -0.369 e. The number of carbonyl (C=O) groups excluding carboxylic acids is 2. The van der Waals surface area contributed by atoms with E-state index in [1.165, 1.54) is 0 Å². The zero-order chi connectivity index (χ0) is 15.5. The van der Waals surface area contributed by atoms with E-state index in [0.29, 0.717) is 0 Å². The van der Waals surface area contributed by atoms with E-state index in [1.807, 2.05) is 42.5 Å². The standard InChI is InChI=1S/C17H20N2O2/c1-17(2,16(18)21)11-19-15(20)10-13-8-5-7-12-6-3-4-9-14(12)13/h3-9H,10-11H2,1-2H3,(H2,18,21)(H,19,20). The first kappa shape index (κ1) is 15.0. The van der Waals surface area contributed by atoms with Gasteiger partial charge in [0, 0.05) is 6.54 Å². The van der Waals surface area contributed by atoms with Gasteiger partial charge < -0.3 is 11.1 Å². The molecule has 0 heterocycles. The number of nitrogens with one attached hydrogen (secondary N) is 1. The quantitative estimate of drug-likeness (QED) is 0.881. The van der Waals surface area contributed by atoms with Crippen LogP contribution in [-0.2, 0) is 16.0 Å². The SMILES string of the molecule is CC(C)(CNC(=O)Cc1cccc2ccccc12)C(N)=O. The Hall–Kier alpha value is -2.36. The summed E-state index contributed by atoms with van der Waals surface area (Å²) in [6.07, 6.45) is 0.288. The Bertz CT molecular complexity index is 672. The average molecular weight is 284 g/mol. The smallest absolute Gasteiger partial charge is 0.224 e. The predicted octanol–water partition coefficient (Wildman–Crippen LogP) is 2.01. The van der Waals surface area contributed by atoms with Crippen LogP contribution in [0.2, 0.25) is 0 Å². The van der Waals surface area contributed by atoms with Gasteiger partial charge in [-0.25, -0.2) is 0 Å². The van der Waals surface area contributed by atoms with Crippen LogP contribution in [0.4, 0.5) is 0 Å². The molecule has 0 aliphatic rings. The third kappa shape index (κ3) is 3.60. The number of hydrogen-bond donors (Lipinski definition) is 2. The molecule has 0 bridgehead atoms. The van der Waals surface area contributed by atoms with Crippen LogP contribution in [0.15, 0.2) is 42.5 Å². The summed E-state index contributed by atoms with van der Waals surface area (Å²) in [5, 5.41) is 4.96. The molecule has 0 spiro atoms. The molecule has 4 heteroatoms. The molecule has 0 unspecified atom stereocenters. The normalized spacial score (nSPS) is 11.3. The molecule has 2 aromatic carbocycles. The Morgan fingerprint density at radius 3 is 2.48 bits per heavy atom. The van der Waals surface area contributed by atoms with Gasteiger partial charge in [0.2, 0.25) is 11.8 Å². The number of amides is 2. The molecule has 0 aromatic heterocycles.